The van der Waals surface area contributed by atoms with Crippen LogP contribution in [0, 0.1) is 0 Å². The first-order valence-electron chi connectivity index (χ1n) is 10.2. The van der Waals surface area contributed by atoms with Crippen LogP contribution in [0.5, 0.6) is 0 Å². The quantitative estimate of drug-likeness (QED) is 0.582. The number of nitrogens with one attached hydrogen (secondary N) is 1. The monoisotopic (exact) mass is 375 g/mol. The van der Waals surface area contributed by atoms with Gasteiger partial charge in [0, 0.05) is 51.4 Å². The Kier molecular flexibility index (Phi) is 6.77. The van der Waals surface area contributed by atoms with Gasteiger partial charge in [-0.2, -0.15) is 0 Å². The lowest BCUT2D eigenvalue weighted by atomic mass is 10.3. The van der Waals surface area contributed by atoms with E-state index >= 15 is 0 Å². The molecule has 1 amide bonds. The third kappa shape index (κ3) is 5.25. The minimum Gasteiger partial charge on any atom is -0.459 e. The van der Waals surface area contributed by atoms with E-state index < -0.39 is 0 Å². The summed E-state index contributed by atoms with van der Waals surface area (Å²) in [4.78, 5) is 23.9. The summed E-state index contributed by atoms with van der Waals surface area (Å²) in [5.74, 6) is 1.35. The van der Waals surface area contributed by atoms with Crippen LogP contribution in [0.3, 0.4) is 0 Å². The molecular formula is C20H33N5O2. The molecule has 27 heavy (non-hydrogen) atoms. The maximum atomic E-state index is 12.4. The summed E-state index contributed by atoms with van der Waals surface area (Å²) in [6.07, 6.45) is 4.20. The van der Waals surface area contributed by atoms with Crippen molar-refractivity contribution in [2.75, 3.05) is 45.8 Å². The smallest absolute Gasteiger partial charge is 0.289 e. The molecule has 0 bridgehead atoms. The fourth-order valence-corrected chi connectivity index (χ4v) is 3.64. The van der Waals surface area contributed by atoms with E-state index in [4.69, 9.17) is 9.41 Å². The van der Waals surface area contributed by atoms with E-state index in [1.807, 2.05) is 4.90 Å². The Balaban J connectivity index is 1.52. The molecule has 1 saturated carbocycles. The number of aliphatic imine (C=N–C) groups is 1. The Morgan fingerprint density at radius 2 is 2.00 bits per heavy atom. The van der Waals surface area contributed by atoms with Crippen LogP contribution >= 0.6 is 0 Å². The molecule has 1 aliphatic carbocycles. The Morgan fingerprint density at radius 1 is 1.30 bits per heavy atom. The number of nitrogens with zero attached hydrogens (tertiary/aromatic N) is 4. The van der Waals surface area contributed by atoms with Gasteiger partial charge in [-0.15, -0.1) is 0 Å². The van der Waals surface area contributed by atoms with Crippen molar-refractivity contribution in [1.29, 1.82) is 0 Å². The van der Waals surface area contributed by atoms with Crippen molar-refractivity contribution in [2.45, 2.75) is 45.7 Å². The van der Waals surface area contributed by atoms with E-state index in [0.717, 1.165) is 44.7 Å². The highest BCUT2D eigenvalue weighted by molar-refractivity contribution is 5.91. The van der Waals surface area contributed by atoms with Gasteiger partial charge in [0.2, 0.25) is 0 Å². The molecule has 0 atom stereocenters. The number of hydrogen-bond acceptors (Lipinski definition) is 4. The van der Waals surface area contributed by atoms with Gasteiger partial charge in [-0.3, -0.25) is 14.7 Å². The molecule has 0 spiro atoms. The molecule has 1 saturated heterocycles. The van der Waals surface area contributed by atoms with Gasteiger partial charge in [0.25, 0.3) is 5.91 Å². The zero-order chi connectivity index (χ0) is 19.2. The fraction of sp³-hybridized carbons (Fsp3) is 0.700. The van der Waals surface area contributed by atoms with Crippen LogP contribution in [-0.4, -0.2) is 84.5 Å². The summed E-state index contributed by atoms with van der Waals surface area (Å²) in [5.41, 5.74) is 0. The van der Waals surface area contributed by atoms with E-state index in [-0.39, 0.29) is 5.91 Å². The summed E-state index contributed by atoms with van der Waals surface area (Å²) in [6.45, 7) is 12.2. The van der Waals surface area contributed by atoms with Crippen molar-refractivity contribution >= 4 is 11.9 Å². The molecule has 0 aromatic carbocycles. The van der Waals surface area contributed by atoms with Crippen LogP contribution in [0.1, 0.15) is 44.2 Å². The average Bonchev–Trinajstić information content (AvgIpc) is 3.35. The van der Waals surface area contributed by atoms with Crippen LogP contribution in [-0.2, 0) is 0 Å². The Bertz CT molecular complexity index is 614. The first-order chi connectivity index (χ1) is 13.1. The number of carbonyl (C=O) groups excluding carboxylic acids is 1. The second kappa shape index (κ2) is 9.26. The molecule has 1 aliphatic heterocycles. The van der Waals surface area contributed by atoms with Crippen molar-refractivity contribution in [2.24, 2.45) is 4.99 Å². The topological polar surface area (TPSA) is 64.3 Å². The summed E-state index contributed by atoms with van der Waals surface area (Å²) in [6, 6.07) is 4.81. The average molecular weight is 376 g/mol. The number of carbonyl (C=O) groups is 1. The van der Waals surface area contributed by atoms with Crippen molar-refractivity contribution in [3.05, 3.63) is 24.2 Å². The Morgan fingerprint density at radius 3 is 2.56 bits per heavy atom. The molecule has 2 heterocycles. The minimum absolute atomic E-state index is 0.0291. The standard InChI is InChI=1S/C20H33N5O2/c1-4-21-20(22-9-10-25(16(2)3)17-7-8-17)24-13-11-23(12-14-24)19(26)18-6-5-15-27-18/h5-6,15-17H,4,7-14H2,1-3H3,(H,21,22). The van der Waals surface area contributed by atoms with E-state index in [0.29, 0.717) is 24.9 Å². The Labute approximate surface area is 162 Å². The zero-order valence-corrected chi connectivity index (χ0v) is 16.9. The summed E-state index contributed by atoms with van der Waals surface area (Å²) < 4.78 is 5.23. The van der Waals surface area contributed by atoms with Crippen molar-refractivity contribution in [1.82, 2.24) is 20.0 Å². The van der Waals surface area contributed by atoms with Gasteiger partial charge < -0.3 is 19.5 Å². The SMILES string of the molecule is CCNC(=NCCN(C(C)C)C1CC1)N1CCN(C(=O)c2ccco2)CC1. The molecule has 0 unspecified atom stereocenters. The van der Waals surface area contributed by atoms with Crippen molar-refractivity contribution in [3.63, 3.8) is 0 Å². The van der Waals surface area contributed by atoms with Gasteiger partial charge in [0.05, 0.1) is 12.8 Å². The predicted octanol–water partition coefficient (Wildman–Crippen LogP) is 1.88. The van der Waals surface area contributed by atoms with Crippen molar-refractivity contribution < 1.29 is 9.21 Å². The molecule has 7 heteroatoms. The minimum atomic E-state index is -0.0291. The largest absolute Gasteiger partial charge is 0.459 e. The third-order valence-corrected chi connectivity index (χ3v) is 5.23. The normalized spacial score (nSPS) is 18.5. The lowest BCUT2D eigenvalue weighted by Gasteiger charge is -2.36. The van der Waals surface area contributed by atoms with E-state index in [2.05, 4.69) is 35.9 Å². The molecule has 2 aliphatic rings. The second-order valence-corrected chi connectivity index (χ2v) is 7.55. The first kappa shape index (κ1) is 19.7. The maximum Gasteiger partial charge on any atom is 0.289 e. The number of rotatable bonds is 7. The van der Waals surface area contributed by atoms with Gasteiger partial charge >= 0.3 is 0 Å². The summed E-state index contributed by atoms with van der Waals surface area (Å²) in [5, 5.41) is 3.41. The molecule has 7 nitrogen and oxygen atoms in total. The highest BCUT2D eigenvalue weighted by Gasteiger charge is 2.30. The van der Waals surface area contributed by atoms with E-state index in [1.54, 1.807) is 18.4 Å². The highest BCUT2D eigenvalue weighted by atomic mass is 16.3. The van der Waals surface area contributed by atoms with Crippen LogP contribution < -0.4 is 5.32 Å². The lowest BCUT2D eigenvalue weighted by Crippen LogP contribution is -2.54. The van der Waals surface area contributed by atoms with E-state index in [1.165, 1.54) is 12.8 Å². The fourth-order valence-electron chi connectivity index (χ4n) is 3.64. The molecule has 3 rings (SSSR count). The number of furan rings is 1. The van der Waals surface area contributed by atoms with Crippen LogP contribution in [0.4, 0.5) is 0 Å². The third-order valence-electron chi connectivity index (χ3n) is 5.23. The Hall–Kier alpha value is -2.02. The number of guanidine groups is 1. The number of amides is 1. The zero-order valence-electron chi connectivity index (χ0n) is 16.9. The molecule has 2 fully saturated rings. The van der Waals surface area contributed by atoms with Gasteiger partial charge in [-0.1, -0.05) is 0 Å². The molecule has 1 N–H and O–H groups in total. The predicted molar refractivity (Wildman–Crippen MR) is 107 cm³/mol. The van der Waals surface area contributed by atoms with Crippen molar-refractivity contribution in [3.8, 4) is 0 Å². The molecular weight excluding hydrogens is 342 g/mol. The van der Waals surface area contributed by atoms with E-state index in [9.17, 15) is 4.79 Å². The lowest BCUT2D eigenvalue weighted by molar-refractivity contribution is 0.0657. The van der Waals surface area contributed by atoms with Gasteiger partial charge in [-0.25, -0.2) is 0 Å². The number of hydrogen-bond donors (Lipinski definition) is 1. The van der Waals surface area contributed by atoms with Gasteiger partial charge in [0.15, 0.2) is 11.7 Å². The van der Waals surface area contributed by atoms with Crippen LogP contribution in [0.2, 0.25) is 0 Å². The summed E-state index contributed by atoms with van der Waals surface area (Å²) >= 11 is 0. The molecule has 150 valence electrons. The summed E-state index contributed by atoms with van der Waals surface area (Å²) in [7, 11) is 0. The van der Waals surface area contributed by atoms with Crippen LogP contribution in [0.15, 0.2) is 27.8 Å². The number of piperazine rings is 1. The molecule has 1 aromatic heterocycles. The molecule has 0 radical (unpaired) electrons. The molecule has 1 aromatic rings. The maximum absolute atomic E-state index is 12.4. The first-order valence-corrected chi connectivity index (χ1v) is 10.2. The van der Waals surface area contributed by atoms with Gasteiger partial charge in [-0.05, 0) is 45.7 Å². The second-order valence-electron chi connectivity index (χ2n) is 7.55. The van der Waals surface area contributed by atoms with Gasteiger partial charge in [0.1, 0.15) is 0 Å². The van der Waals surface area contributed by atoms with Crippen LogP contribution in [0.25, 0.3) is 0 Å². The highest BCUT2D eigenvalue weighted by Crippen LogP contribution is 2.28.